The van der Waals surface area contributed by atoms with Gasteiger partial charge in [-0.15, -0.1) is 11.3 Å². The van der Waals surface area contributed by atoms with E-state index in [0.29, 0.717) is 23.5 Å². The number of amides is 2. The molecule has 0 unspecified atom stereocenters. The second-order valence-corrected chi connectivity index (χ2v) is 7.53. The molecule has 3 rings (SSSR count). The van der Waals surface area contributed by atoms with Crippen LogP contribution in [0.3, 0.4) is 0 Å². The van der Waals surface area contributed by atoms with Crippen LogP contribution in [0.25, 0.3) is 0 Å². The quantitative estimate of drug-likeness (QED) is 0.541. The number of para-hydroxylation sites is 1. The number of rotatable bonds is 8. The Kier molecular flexibility index (Phi) is 7.34. The molecule has 2 aromatic carbocycles. The minimum absolute atomic E-state index is 0.190. The van der Waals surface area contributed by atoms with Crippen molar-refractivity contribution in [1.29, 1.82) is 0 Å². The molecular formula is C23H22N2O4S. The third-order valence-electron chi connectivity index (χ3n) is 4.45. The summed E-state index contributed by atoms with van der Waals surface area (Å²) in [5.74, 6) is -1.36. The van der Waals surface area contributed by atoms with Gasteiger partial charge in [0.05, 0.1) is 16.1 Å². The van der Waals surface area contributed by atoms with Gasteiger partial charge in [0.2, 0.25) is 0 Å². The summed E-state index contributed by atoms with van der Waals surface area (Å²) < 4.78 is 5.13. The van der Waals surface area contributed by atoms with E-state index in [1.807, 2.05) is 31.2 Å². The van der Waals surface area contributed by atoms with Crippen molar-refractivity contribution < 1.29 is 19.1 Å². The molecule has 0 aliphatic heterocycles. The first-order valence-electron chi connectivity index (χ1n) is 9.47. The maximum absolute atomic E-state index is 12.4. The Hall–Kier alpha value is -3.45. The van der Waals surface area contributed by atoms with E-state index in [2.05, 4.69) is 10.6 Å². The first-order valence-corrected chi connectivity index (χ1v) is 10.3. The molecule has 6 nitrogen and oxygen atoms in total. The summed E-state index contributed by atoms with van der Waals surface area (Å²) in [6, 6.07) is 18.0. The van der Waals surface area contributed by atoms with Crippen LogP contribution in [-0.4, -0.2) is 30.9 Å². The molecule has 0 bridgehead atoms. The SMILES string of the molecule is Cc1ccccc1CCNC(=O)COC(=O)c1ccccc1NC(=O)c1cccs1. The molecule has 30 heavy (non-hydrogen) atoms. The summed E-state index contributed by atoms with van der Waals surface area (Å²) in [5.41, 5.74) is 2.85. The van der Waals surface area contributed by atoms with Gasteiger partial charge in [-0.2, -0.15) is 0 Å². The summed E-state index contributed by atoms with van der Waals surface area (Å²) >= 11 is 1.30. The highest BCUT2D eigenvalue weighted by Gasteiger charge is 2.16. The zero-order chi connectivity index (χ0) is 21.3. The van der Waals surface area contributed by atoms with Crippen molar-refractivity contribution in [1.82, 2.24) is 5.32 Å². The Morgan fingerprint density at radius 1 is 0.967 bits per heavy atom. The largest absolute Gasteiger partial charge is 0.452 e. The number of hydrogen-bond acceptors (Lipinski definition) is 5. The van der Waals surface area contributed by atoms with Crippen LogP contribution in [0.1, 0.15) is 31.2 Å². The van der Waals surface area contributed by atoms with Crippen molar-refractivity contribution in [3.63, 3.8) is 0 Å². The van der Waals surface area contributed by atoms with Gasteiger partial charge in [0.1, 0.15) is 0 Å². The zero-order valence-electron chi connectivity index (χ0n) is 16.5. The number of esters is 1. The average Bonchev–Trinajstić information content (AvgIpc) is 3.29. The maximum atomic E-state index is 12.4. The smallest absolute Gasteiger partial charge is 0.340 e. The van der Waals surface area contributed by atoms with Gasteiger partial charge in [0.25, 0.3) is 11.8 Å². The molecule has 0 atom stereocenters. The summed E-state index contributed by atoms with van der Waals surface area (Å²) in [4.78, 5) is 37.2. The van der Waals surface area contributed by atoms with E-state index in [-0.39, 0.29) is 24.0 Å². The lowest BCUT2D eigenvalue weighted by molar-refractivity contribution is -0.124. The lowest BCUT2D eigenvalue weighted by Crippen LogP contribution is -2.30. The van der Waals surface area contributed by atoms with Crippen LogP contribution < -0.4 is 10.6 Å². The van der Waals surface area contributed by atoms with E-state index in [0.717, 1.165) is 5.56 Å². The molecule has 3 aromatic rings. The normalized spacial score (nSPS) is 10.3. The zero-order valence-corrected chi connectivity index (χ0v) is 17.3. The molecule has 1 heterocycles. The molecule has 0 aliphatic carbocycles. The number of carbonyl (C=O) groups excluding carboxylic acids is 3. The van der Waals surface area contributed by atoms with Crippen LogP contribution in [0.15, 0.2) is 66.0 Å². The number of anilines is 1. The van der Waals surface area contributed by atoms with Crippen molar-refractivity contribution in [2.75, 3.05) is 18.5 Å². The van der Waals surface area contributed by atoms with E-state index < -0.39 is 5.97 Å². The molecule has 0 aliphatic rings. The highest BCUT2D eigenvalue weighted by Crippen LogP contribution is 2.19. The Bertz CT molecular complexity index is 1030. The standard InChI is InChI=1S/C23H22N2O4S/c1-16-7-2-3-8-17(16)12-13-24-21(26)15-29-23(28)18-9-4-5-10-19(18)25-22(27)20-11-6-14-30-20/h2-11,14H,12-13,15H2,1H3,(H,24,26)(H,25,27). The van der Waals surface area contributed by atoms with Crippen molar-refractivity contribution in [2.45, 2.75) is 13.3 Å². The van der Waals surface area contributed by atoms with Gasteiger partial charge in [-0.05, 0) is 48.1 Å². The average molecular weight is 423 g/mol. The number of nitrogens with one attached hydrogen (secondary N) is 2. The number of aryl methyl sites for hydroxylation is 1. The van der Waals surface area contributed by atoms with Crippen molar-refractivity contribution in [3.8, 4) is 0 Å². The molecule has 0 saturated heterocycles. The Morgan fingerprint density at radius 3 is 2.50 bits per heavy atom. The predicted octanol–water partition coefficient (Wildman–Crippen LogP) is 3.82. The van der Waals surface area contributed by atoms with E-state index >= 15 is 0 Å². The fourth-order valence-electron chi connectivity index (χ4n) is 2.85. The van der Waals surface area contributed by atoms with Crippen LogP contribution in [0.2, 0.25) is 0 Å². The second kappa shape index (κ2) is 10.4. The number of carbonyl (C=O) groups is 3. The predicted molar refractivity (Wildman–Crippen MR) is 117 cm³/mol. The van der Waals surface area contributed by atoms with E-state index in [4.69, 9.17) is 4.74 Å². The first kappa shape index (κ1) is 21.3. The summed E-state index contributed by atoms with van der Waals surface area (Å²) in [6.07, 6.45) is 0.698. The van der Waals surface area contributed by atoms with Gasteiger partial charge < -0.3 is 15.4 Å². The van der Waals surface area contributed by atoms with Crippen molar-refractivity contribution in [2.24, 2.45) is 0 Å². The minimum atomic E-state index is -0.675. The Morgan fingerprint density at radius 2 is 1.73 bits per heavy atom. The molecule has 0 spiro atoms. The fourth-order valence-corrected chi connectivity index (χ4v) is 3.47. The molecule has 7 heteroatoms. The van der Waals surface area contributed by atoms with Gasteiger partial charge in [-0.3, -0.25) is 9.59 Å². The minimum Gasteiger partial charge on any atom is -0.452 e. The van der Waals surface area contributed by atoms with Gasteiger partial charge in [0.15, 0.2) is 6.61 Å². The number of benzene rings is 2. The highest BCUT2D eigenvalue weighted by molar-refractivity contribution is 7.12. The van der Waals surface area contributed by atoms with Crippen LogP contribution in [0.4, 0.5) is 5.69 Å². The van der Waals surface area contributed by atoms with Crippen LogP contribution in [0, 0.1) is 6.92 Å². The molecule has 0 fully saturated rings. The van der Waals surface area contributed by atoms with Crippen molar-refractivity contribution in [3.05, 3.63) is 87.6 Å². The van der Waals surface area contributed by atoms with Gasteiger partial charge >= 0.3 is 5.97 Å². The molecule has 2 amide bonds. The molecule has 0 saturated carbocycles. The van der Waals surface area contributed by atoms with Crippen molar-refractivity contribution >= 4 is 34.8 Å². The van der Waals surface area contributed by atoms with E-state index in [1.165, 1.54) is 16.9 Å². The first-order chi connectivity index (χ1) is 14.5. The number of thiophene rings is 1. The van der Waals surface area contributed by atoms with Gasteiger partial charge in [0, 0.05) is 6.54 Å². The van der Waals surface area contributed by atoms with Crippen LogP contribution in [0.5, 0.6) is 0 Å². The Balaban J connectivity index is 1.50. The maximum Gasteiger partial charge on any atom is 0.340 e. The van der Waals surface area contributed by atoms with E-state index in [9.17, 15) is 14.4 Å². The third kappa shape index (κ3) is 5.78. The summed E-state index contributed by atoms with van der Waals surface area (Å²) in [6.45, 7) is 2.09. The fraction of sp³-hybridized carbons (Fsp3) is 0.174. The lowest BCUT2D eigenvalue weighted by atomic mass is 10.1. The molecule has 2 N–H and O–H groups in total. The lowest BCUT2D eigenvalue weighted by Gasteiger charge is -2.11. The van der Waals surface area contributed by atoms with Crippen LogP contribution >= 0.6 is 11.3 Å². The monoisotopic (exact) mass is 422 g/mol. The van der Waals surface area contributed by atoms with Gasteiger partial charge in [-0.25, -0.2) is 4.79 Å². The topological polar surface area (TPSA) is 84.5 Å². The number of ether oxygens (including phenoxy) is 1. The van der Waals surface area contributed by atoms with Crippen LogP contribution in [-0.2, 0) is 16.0 Å². The summed E-state index contributed by atoms with van der Waals surface area (Å²) in [7, 11) is 0. The second-order valence-electron chi connectivity index (χ2n) is 6.58. The van der Waals surface area contributed by atoms with Gasteiger partial charge in [-0.1, -0.05) is 42.5 Å². The molecule has 154 valence electrons. The highest BCUT2D eigenvalue weighted by atomic mass is 32.1. The Labute approximate surface area is 178 Å². The number of hydrogen-bond donors (Lipinski definition) is 2. The molecular weight excluding hydrogens is 400 g/mol. The molecule has 1 aromatic heterocycles. The summed E-state index contributed by atoms with van der Waals surface area (Å²) in [5, 5.41) is 7.25. The third-order valence-corrected chi connectivity index (χ3v) is 5.32. The molecule has 0 radical (unpaired) electrons. The van der Waals surface area contributed by atoms with E-state index in [1.54, 1.807) is 41.8 Å².